The summed E-state index contributed by atoms with van der Waals surface area (Å²) in [6.07, 6.45) is 0. The number of hydrogen-bond donors (Lipinski definition) is 2. The summed E-state index contributed by atoms with van der Waals surface area (Å²) >= 11 is 0. The average molecular weight is 313 g/mol. The third-order valence-corrected chi connectivity index (χ3v) is 3.89. The van der Waals surface area contributed by atoms with Gasteiger partial charge in [-0.25, -0.2) is 9.78 Å². The van der Waals surface area contributed by atoms with Crippen LogP contribution in [0.1, 0.15) is 16.1 Å². The summed E-state index contributed by atoms with van der Waals surface area (Å²) in [4.78, 5) is 17.6. The van der Waals surface area contributed by atoms with Gasteiger partial charge < -0.3 is 15.6 Å². The van der Waals surface area contributed by atoms with Gasteiger partial charge in [-0.2, -0.15) is 0 Å². The first kappa shape index (κ1) is 15.5. The quantitative estimate of drug-likeness (QED) is 0.895. The molecule has 0 saturated carbocycles. The molecule has 0 atom stereocenters. The van der Waals surface area contributed by atoms with Gasteiger partial charge >= 0.3 is 5.97 Å². The molecule has 1 aliphatic heterocycles. The molecule has 1 fully saturated rings. The van der Waals surface area contributed by atoms with Crippen molar-refractivity contribution in [3.8, 4) is 11.3 Å². The lowest BCUT2D eigenvalue weighted by Crippen LogP contribution is -2.35. The summed E-state index contributed by atoms with van der Waals surface area (Å²) < 4.78 is 5.35. The highest BCUT2D eigenvalue weighted by Gasteiger charge is 2.13. The molecule has 1 aromatic carbocycles. The van der Waals surface area contributed by atoms with Crippen LogP contribution in [-0.2, 0) is 11.3 Å². The lowest BCUT2D eigenvalue weighted by molar-refractivity contribution is 0.0342. The van der Waals surface area contributed by atoms with Crippen molar-refractivity contribution in [3.63, 3.8) is 0 Å². The monoisotopic (exact) mass is 313 g/mol. The van der Waals surface area contributed by atoms with Crippen molar-refractivity contribution in [2.45, 2.75) is 6.54 Å². The van der Waals surface area contributed by atoms with Gasteiger partial charge in [-0.3, -0.25) is 4.90 Å². The number of carboxylic acid groups (broad SMARTS) is 1. The fourth-order valence-electron chi connectivity index (χ4n) is 2.60. The predicted octanol–water partition coefficient (Wildman–Crippen LogP) is 1.86. The number of pyridine rings is 1. The number of benzene rings is 1. The zero-order chi connectivity index (χ0) is 16.2. The SMILES string of the molecule is Nc1ccc(-c2ccc(CN3CCOCC3)cc2)nc1C(=O)O. The Morgan fingerprint density at radius 3 is 2.52 bits per heavy atom. The maximum Gasteiger partial charge on any atom is 0.356 e. The van der Waals surface area contributed by atoms with Crippen molar-refractivity contribution in [2.24, 2.45) is 0 Å². The molecule has 6 heteroatoms. The molecule has 1 aliphatic rings. The van der Waals surface area contributed by atoms with Crippen molar-refractivity contribution in [3.05, 3.63) is 47.7 Å². The van der Waals surface area contributed by atoms with E-state index >= 15 is 0 Å². The fourth-order valence-corrected chi connectivity index (χ4v) is 2.60. The smallest absolute Gasteiger partial charge is 0.356 e. The second-order valence-electron chi connectivity index (χ2n) is 5.52. The first-order valence-electron chi connectivity index (χ1n) is 7.53. The Kier molecular flexibility index (Phi) is 4.55. The normalized spacial score (nSPS) is 15.5. The van der Waals surface area contributed by atoms with Crippen LogP contribution in [-0.4, -0.2) is 47.3 Å². The van der Waals surface area contributed by atoms with E-state index in [1.54, 1.807) is 12.1 Å². The van der Waals surface area contributed by atoms with E-state index in [9.17, 15) is 4.79 Å². The summed E-state index contributed by atoms with van der Waals surface area (Å²) in [5.41, 5.74) is 8.39. The summed E-state index contributed by atoms with van der Waals surface area (Å²) in [7, 11) is 0. The van der Waals surface area contributed by atoms with Gasteiger partial charge in [-0.15, -0.1) is 0 Å². The molecular formula is C17H19N3O3. The van der Waals surface area contributed by atoms with Gasteiger partial charge in [0.15, 0.2) is 5.69 Å². The number of aromatic carboxylic acids is 1. The van der Waals surface area contributed by atoms with Gasteiger partial charge in [0, 0.05) is 25.2 Å². The number of nitrogen functional groups attached to an aromatic ring is 1. The highest BCUT2D eigenvalue weighted by molar-refractivity contribution is 5.92. The molecule has 0 bridgehead atoms. The maximum atomic E-state index is 11.1. The second-order valence-corrected chi connectivity index (χ2v) is 5.52. The third-order valence-electron chi connectivity index (χ3n) is 3.89. The highest BCUT2D eigenvalue weighted by Crippen LogP contribution is 2.21. The molecule has 23 heavy (non-hydrogen) atoms. The van der Waals surface area contributed by atoms with E-state index < -0.39 is 5.97 Å². The summed E-state index contributed by atoms with van der Waals surface area (Å²) in [5.74, 6) is -1.12. The van der Waals surface area contributed by atoms with E-state index in [1.165, 1.54) is 5.56 Å². The lowest BCUT2D eigenvalue weighted by atomic mass is 10.1. The van der Waals surface area contributed by atoms with Crippen molar-refractivity contribution in [2.75, 3.05) is 32.0 Å². The van der Waals surface area contributed by atoms with Crippen LogP contribution in [0.15, 0.2) is 36.4 Å². The largest absolute Gasteiger partial charge is 0.476 e. The average Bonchev–Trinajstić information content (AvgIpc) is 2.57. The Morgan fingerprint density at radius 2 is 1.87 bits per heavy atom. The van der Waals surface area contributed by atoms with Crippen LogP contribution in [0.5, 0.6) is 0 Å². The Morgan fingerprint density at radius 1 is 1.17 bits per heavy atom. The van der Waals surface area contributed by atoms with Gasteiger partial charge in [0.2, 0.25) is 0 Å². The highest BCUT2D eigenvalue weighted by atomic mass is 16.5. The number of hydrogen-bond acceptors (Lipinski definition) is 5. The molecule has 0 spiro atoms. The Labute approximate surface area is 134 Å². The molecule has 120 valence electrons. The van der Waals surface area contributed by atoms with Crippen LogP contribution in [0.25, 0.3) is 11.3 Å². The van der Waals surface area contributed by atoms with Crippen LogP contribution in [0.4, 0.5) is 5.69 Å². The molecule has 6 nitrogen and oxygen atoms in total. The molecule has 0 amide bonds. The van der Waals surface area contributed by atoms with Crippen LogP contribution in [0, 0.1) is 0 Å². The summed E-state index contributed by atoms with van der Waals surface area (Å²) in [6.45, 7) is 4.35. The number of rotatable bonds is 4. The summed E-state index contributed by atoms with van der Waals surface area (Å²) in [6, 6.07) is 11.3. The number of anilines is 1. The molecule has 2 aromatic rings. The van der Waals surface area contributed by atoms with Crippen molar-refractivity contribution < 1.29 is 14.6 Å². The van der Waals surface area contributed by atoms with Gasteiger partial charge in [-0.05, 0) is 17.7 Å². The number of nitrogens with two attached hydrogens (primary N) is 1. The van der Waals surface area contributed by atoms with Gasteiger partial charge in [0.05, 0.1) is 24.6 Å². The molecule has 1 aromatic heterocycles. The van der Waals surface area contributed by atoms with E-state index in [2.05, 4.69) is 9.88 Å². The van der Waals surface area contributed by atoms with Crippen LogP contribution < -0.4 is 5.73 Å². The van der Waals surface area contributed by atoms with Gasteiger partial charge in [0.25, 0.3) is 0 Å². The number of carboxylic acids is 1. The number of carbonyl (C=O) groups is 1. The Balaban J connectivity index is 1.76. The Hall–Kier alpha value is -2.44. The van der Waals surface area contributed by atoms with Crippen molar-refractivity contribution in [1.29, 1.82) is 0 Å². The number of ether oxygens (including phenoxy) is 1. The van der Waals surface area contributed by atoms with Crippen molar-refractivity contribution in [1.82, 2.24) is 9.88 Å². The first-order chi connectivity index (χ1) is 11.1. The molecule has 3 rings (SSSR count). The van der Waals surface area contributed by atoms with Gasteiger partial charge in [0.1, 0.15) is 0 Å². The molecule has 0 radical (unpaired) electrons. The van der Waals surface area contributed by atoms with Crippen molar-refractivity contribution >= 4 is 11.7 Å². The number of aromatic nitrogens is 1. The molecule has 1 saturated heterocycles. The molecule has 0 unspecified atom stereocenters. The van der Waals surface area contributed by atoms with E-state index in [0.29, 0.717) is 5.69 Å². The van der Waals surface area contributed by atoms with Crippen LogP contribution >= 0.6 is 0 Å². The standard InChI is InChI=1S/C17H19N3O3/c18-14-5-6-15(19-16(14)17(21)22)13-3-1-12(2-4-13)11-20-7-9-23-10-8-20/h1-6H,7-11,18H2,(H,21,22). The minimum atomic E-state index is -1.12. The van der Waals surface area contributed by atoms with E-state index in [0.717, 1.165) is 38.4 Å². The van der Waals surface area contributed by atoms with Crippen LogP contribution in [0.2, 0.25) is 0 Å². The van der Waals surface area contributed by atoms with Gasteiger partial charge in [-0.1, -0.05) is 24.3 Å². The molecule has 0 aliphatic carbocycles. The molecular weight excluding hydrogens is 294 g/mol. The second kappa shape index (κ2) is 6.76. The number of nitrogens with zero attached hydrogens (tertiary/aromatic N) is 2. The fraction of sp³-hybridized carbons (Fsp3) is 0.294. The predicted molar refractivity (Wildman–Crippen MR) is 87.1 cm³/mol. The van der Waals surface area contributed by atoms with E-state index in [-0.39, 0.29) is 11.4 Å². The Bertz CT molecular complexity index is 695. The zero-order valence-corrected chi connectivity index (χ0v) is 12.7. The molecule has 2 heterocycles. The minimum absolute atomic E-state index is 0.111. The maximum absolute atomic E-state index is 11.1. The van der Waals surface area contributed by atoms with Crippen LogP contribution in [0.3, 0.4) is 0 Å². The summed E-state index contributed by atoms with van der Waals surface area (Å²) in [5, 5.41) is 9.11. The van der Waals surface area contributed by atoms with E-state index in [1.807, 2.05) is 24.3 Å². The zero-order valence-electron chi connectivity index (χ0n) is 12.7. The molecule has 3 N–H and O–H groups in total. The third kappa shape index (κ3) is 3.67. The lowest BCUT2D eigenvalue weighted by Gasteiger charge is -2.26. The first-order valence-corrected chi connectivity index (χ1v) is 7.53. The topological polar surface area (TPSA) is 88.7 Å². The van der Waals surface area contributed by atoms with E-state index in [4.69, 9.17) is 15.6 Å². The number of morpholine rings is 1. The minimum Gasteiger partial charge on any atom is -0.476 e.